The van der Waals surface area contributed by atoms with Crippen molar-refractivity contribution in [3.8, 4) is 55.8 Å². The van der Waals surface area contributed by atoms with E-state index in [2.05, 4.69) is 190 Å². The van der Waals surface area contributed by atoms with E-state index in [0.29, 0.717) is 0 Å². The topological polar surface area (TPSA) is 12.9 Å². The summed E-state index contributed by atoms with van der Waals surface area (Å²) in [5, 5.41) is 3.72. The number of pyridine rings is 1. The van der Waals surface area contributed by atoms with Crippen LogP contribution >= 0.6 is 0 Å². The van der Waals surface area contributed by atoms with Crippen molar-refractivity contribution in [2.75, 3.05) is 0 Å². The predicted molar refractivity (Wildman–Crippen MR) is 224 cm³/mol. The molecule has 0 unspecified atom stereocenters. The molecule has 1 heteroatoms. The van der Waals surface area contributed by atoms with Crippen molar-refractivity contribution in [1.29, 1.82) is 0 Å². The number of nitrogens with zero attached hydrogens (tertiary/aromatic N) is 1. The van der Waals surface area contributed by atoms with Gasteiger partial charge >= 0.3 is 0 Å². The van der Waals surface area contributed by atoms with Crippen molar-refractivity contribution in [2.24, 2.45) is 0 Å². The van der Waals surface area contributed by atoms with Crippen molar-refractivity contribution < 1.29 is 0 Å². The lowest BCUT2D eigenvalue weighted by molar-refractivity contribution is 0.662. The van der Waals surface area contributed by atoms with Crippen LogP contribution in [0, 0.1) is 0 Å². The summed E-state index contributed by atoms with van der Waals surface area (Å²) >= 11 is 0. The number of hydrogen-bond acceptors (Lipinski definition) is 1. The molecular formula is C53H35N. The molecule has 1 aromatic heterocycles. The summed E-state index contributed by atoms with van der Waals surface area (Å²) in [5.41, 5.74) is 21.3. The third-order valence-electron chi connectivity index (χ3n) is 12.9. The lowest BCUT2D eigenvalue weighted by Crippen LogP contribution is -2.25. The first-order chi connectivity index (χ1) is 26.5. The highest BCUT2D eigenvalue weighted by Crippen LogP contribution is 2.63. The largest absolute Gasteiger partial charge is 0.247 e. The Morgan fingerprint density at radius 1 is 0.407 bits per heavy atom. The first kappa shape index (κ1) is 29.9. The van der Waals surface area contributed by atoms with Crippen LogP contribution in [0.3, 0.4) is 0 Å². The molecule has 252 valence electrons. The average molecular weight is 686 g/mol. The summed E-state index contributed by atoms with van der Waals surface area (Å²) in [6.07, 6.45) is 0. The molecule has 0 amide bonds. The van der Waals surface area contributed by atoms with Gasteiger partial charge in [-0.25, -0.2) is 4.98 Å². The zero-order valence-electron chi connectivity index (χ0n) is 30.2. The predicted octanol–water partition coefficient (Wildman–Crippen LogP) is 13.4. The maximum absolute atomic E-state index is 5.41. The summed E-state index contributed by atoms with van der Waals surface area (Å²) in [4.78, 5) is 5.41. The first-order valence-corrected chi connectivity index (χ1v) is 19.1. The van der Waals surface area contributed by atoms with Gasteiger partial charge in [0.25, 0.3) is 0 Å². The third kappa shape index (κ3) is 3.66. The minimum atomic E-state index is -0.354. The number of rotatable bonds is 2. The van der Waals surface area contributed by atoms with Gasteiger partial charge in [0.05, 0.1) is 16.6 Å². The SMILES string of the molecule is CC1(C)c2ccccc2-c2nc3ccc4ccccc4c3c(-c3ccc(-c4ccc5c(c4)C4(c6ccccc6-c6ccccc64)c4ccccc4-5)cc3)c21. The highest BCUT2D eigenvalue weighted by atomic mass is 14.7. The highest BCUT2D eigenvalue weighted by Gasteiger charge is 2.51. The van der Waals surface area contributed by atoms with E-state index in [9.17, 15) is 0 Å². The fraction of sp³-hybridized carbons (Fsp3) is 0.0755. The summed E-state index contributed by atoms with van der Waals surface area (Å²) in [6.45, 7) is 4.73. The second kappa shape index (κ2) is 10.5. The van der Waals surface area contributed by atoms with Crippen molar-refractivity contribution in [1.82, 2.24) is 4.98 Å². The van der Waals surface area contributed by atoms with Crippen molar-refractivity contribution in [3.05, 3.63) is 209 Å². The fourth-order valence-corrected chi connectivity index (χ4v) is 10.6. The molecule has 0 atom stereocenters. The molecule has 3 aliphatic carbocycles. The monoisotopic (exact) mass is 685 g/mol. The third-order valence-corrected chi connectivity index (χ3v) is 12.9. The van der Waals surface area contributed by atoms with Gasteiger partial charge in [0, 0.05) is 16.4 Å². The Balaban J connectivity index is 1.07. The first-order valence-electron chi connectivity index (χ1n) is 19.1. The zero-order valence-corrected chi connectivity index (χ0v) is 30.2. The summed E-state index contributed by atoms with van der Waals surface area (Å²) in [5.74, 6) is 0. The Labute approximate surface area is 315 Å². The Hall–Kier alpha value is -6.57. The van der Waals surface area contributed by atoms with Crippen LogP contribution in [0.2, 0.25) is 0 Å². The number of fused-ring (bicyclic) bond motifs is 16. The smallest absolute Gasteiger partial charge is 0.0759 e. The van der Waals surface area contributed by atoms with Crippen LogP contribution in [0.5, 0.6) is 0 Å². The maximum Gasteiger partial charge on any atom is 0.0759 e. The van der Waals surface area contributed by atoms with Crippen molar-refractivity contribution >= 4 is 21.7 Å². The molecular weight excluding hydrogens is 651 g/mol. The Morgan fingerprint density at radius 3 is 1.59 bits per heavy atom. The second-order valence-corrected chi connectivity index (χ2v) is 15.8. The van der Waals surface area contributed by atoms with Gasteiger partial charge in [-0.15, -0.1) is 0 Å². The van der Waals surface area contributed by atoms with Gasteiger partial charge in [0.15, 0.2) is 0 Å². The molecule has 54 heavy (non-hydrogen) atoms. The summed E-state index contributed by atoms with van der Waals surface area (Å²) in [6, 6.07) is 65.7. The lowest BCUT2D eigenvalue weighted by atomic mass is 9.70. The van der Waals surface area contributed by atoms with E-state index in [4.69, 9.17) is 4.98 Å². The molecule has 1 nitrogen and oxygen atoms in total. The number of aromatic nitrogens is 1. The number of benzene rings is 8. The molecule has 1 heterocycles. The van der Waals surface area contributed by atoms with Gasteiger partial charge in [-0.2, -0.15) is 0 Å². The van der Waals surface area contributed by atoms with E-state index in [-0.39, 0.29) is 10.8 Å². The van der Waals surface area contributed by atoms with Gasteiger partial charge in [0.1, 0.15) is 0 Å². The Bertz CT molecular complexity index is 3010. The Morgan fingerprint density at radius 2 is 0.926 bits per heavy atom. The van der Waals surface area contributed by atoms with Crippen LogP contribution in [-0.4, -0.2) is 4.98 Å². The lowest BCUT2D eigenvalue weighted by Gasteiger charge is -2.30. The molecule has 0 bridgehead atoms. The van der Waals surface area contributed by atoms with Gasteiger partial charge < -0.3 is 0 Å². The molecule has 12 rings (SSSR count). The molecule has 0 radical (unpaired) electrons. The van der Waals surface area contributed by atoms with Crippen LogP contribution < -0.4 is 0 Å². The minimum absolute atomic E-state index is 0.199. The van der Waals surface area contributed by atoms with Gasteiger partial charge in [-0.05, 0) is 101 Å². The number of hydrogen-bond donors (Lipinski definition) is 0. The van der Waals surface area contributed by atoms with Crippen LogP contribution in [0.25, 0.3) is 77.4 Å². The fourth-order valence-electron chi connectivity index (χ4n) is 10.6. The van der Waals surface area contributed by atoms with Gasteiger partial charge in [0.2, 0.25) is 0 Å². The van der Waals surface area contributed by atoms with E-state index in [1.165, 1.54) is 99.6 Å². The van der Waals surface area contributed by atoms with Gasteiger partial charge in [-0.1, -0.05) is 178 Å². The average Bonchev–Trinajstić information content (AvgIpc) is 3.78. The van der Waals surface area contributed by atoms with Crippen LogP contribution in [-0.2, 0) is 10.8 Å². The molecule has 0 N–H and O–H groups in total. The molecule has 0 saturated carbocycles. The van der Waals surface area contributed by atoms with Crippen LogP contribution in [0.15, 0.2) is 176 Å². The van der Waals surface area contributed by atoms with Crippen LogP contribution in [0.1, 0.15) is 47.2 Å². The zero-order chi connectivity index (χ0) is 35.8. The second-order valence-electron chi connectivity index (χ2n) is 15.8. The van der Waals surface area contributed by atoms with Gasteiger partial charge in [-0.3, -0.25) is 0 Å². The van der Waals surface area contributed by atoms with E-state index in [1.54, 1.807) is 0 Å². The van der Waals surface area contributed by atoms with Crippen molar-refractivity contribution in [2.45, 2.75) is 24.7 Å². The van der Waals surface area contributed by atoms with E-state index in [0.717, 1.165) is 11.2 Å². The Kier molecular flexibility index (Phi) is 5.84. The maximum atomic E-state index is 5.41. The summed E-state index contributed by atoms with van der Waals surface area (Å²) < 4.78 is 0. The van der Waals surface area contributed by atoms with Crippen molar-refractivity contribution in [3.63, 3.8) is 0 Å². The standard InChI is InChI=1S/C53H35N/c1-52(2)42-19-9-8-18-41(42)51-50(52)48(49-36-14-4-3-13-33(36)28-30-47(49)54-51)34-25-23-32(24-26-34)35-27-29-40-39-17-7-12-22-45(39)53(46(40)31-35)43-20-10-5-15-37(43)38-16-6-11-21-44(38)53/h3-31H,1-2H3. The van der Waals surface area contributed by atoms with Crippen LogP contribution in [0.4, 0.5) is 0 Å². The van der Waals surface area contributed by atoms with E-state index < -0.39 is 0 Å². The quantitative estimate of drug-likeness (QED) is 0.165. The van der Waals surface area contributed by atoms with E-state index >= 15 is 0 Å². The molecule has 8 aromatic carbocycles. The molecule has 0 saturated heterocycles. The molecule has 0 fully saturated rings. The normalized spacial score (nSPS) is 14.8. The molecule has 1 spiro atoms. The molecule has 0 aliphatic heterocycles. The molecule has 9 aromatic rings. The van der Waals surface area contributed by atoms with E-state index in [1.807, 2.05) is 0 Å². The molecule has 3 aliphatic rings. The summed E-state index contributed by atoms with van der Waals surface area (Å²) in [7, 11) is 0. The highest BCUT2D eigenvalue weighted by molar-refractivity contribution is 6.16. The minimum Gasteiger partial charge on any atom is -0.247 e.